The second-order valence-electron chi connectivity index (χ2n) is 6.29. The standard InChI is InChI=1S/C17H24N2O/c1-13-4-5-15-11-16-12-18(9-6-14(2)20)7-3-8-19(16)17(15)10-13/h4-5,10,16H,3,6-9,11-12H2,1-2H3. The van der Waals surface area contributed by atoms with Crippen LogP contribution >= 0.6 is 0 Å². The maximum atomic E-state index is 11.2. The van der Waals surface area contributed by atoms with E-state index in [1.54, 1.807) is 6.92 Å². The molecule has 2 aliphatic heterocycles. The van der Waals surface area contributed by atoms with Crippen LogP contribution in [-0.4, -0.2) is 42.9 Å². The molecule has 0 aliphatic carbocycles. The Morgan fingerprint density at radius 3 is 3.00 bits per heavy atom. The Morgan fingerprint density at radius 1 is 1.35 bits per heavy atom. The summed E-state index contributed by atoms with van der Waals surface area (Å²) in [5.74, 6) is 0.302. The maximum absolute atomic E-state index is 11.2. The van der Waals surface area contributed by atoms with Gasteiger partial charge in [-0.25, -0.2) is 0 Å². The van der Waals surface area contributed by atoms with Crippen LogP contribution in [0.2, 0.25) is 0 Å². The molecule has 0 amide bonds. The predicted molar refractivity (Wildman–Crippen MR) is 82.4 cm³/mol. The molecule has 2 heterocycles. The van der Waals surface area contributed by atoms with Crippen molar-refractivity contribution < 1.29 is 4.79 Å². The molecule has 1 aromatic rings. The van der Waals surface area contributed by atoms with Crippen LogP contribution in [0.15, 0.2) is 18.2 Å². The van der Waals surface area contributed by atoms with E-state index < -0.39 is 0 Å². The molecule has 0 aromatic heterocycles. The molecule has 3 heteroatoms. The van der Waals surface area contributed by atoms with Crippen molar-refractivity contribution in [3.63, 3.8) is 0 Å². The molecule has 1 fully saturated rings. The molecular formula is C17H24N2O. The molecule has 2 aliphatic rings. The number of aryl methyl sites for hydroxylation is 1. The minimum absolute atomic E-state index is 0.302. The van der Waals surface area contributed by atoms with Gasteiger partial charge >= 0.3 is 0 Å². The summed E-state index contributed by atoms with van der Waals surface area (Å²) < 4.78 is 0. The number of Topliss-reactive ketones (excluding diaryl/α,β-unsaturated/α-hetero) is 1. The number of anilines is 1. The molecule has 0 saturated carbocycles. The van der Waals surface area contributed by atoms with Crippen LogP contribution in [0.1, 0.15) is 30.9 Å². The third kappa shape index (κ3) is 2.73. The van der Waals surface area contributed by atoms with Crippen LogP contribution in [0.4, 0.5) is 5.69 Å². The minimum atomic E-state index is 0.302. The first kappa shape index (κ1) is 13.6. The lowest BCUT2D eigenvalue weighted by molar-refractivity contribution is -0.117. The Kier molecular flexibility index (Phi) is 3.79. The fourth-order valence-electron chi connectivity index (χ4n) is 3.51. The zero-order chi connectivity index (χ0) is 14.1. The second kappa shape index (κ2) is 5.57. The van der Waals surface area contributed by atoms with Crippen molar-refractivity contribution in [2.45, 2.75) is 39.2 Å². The van der Waals surface area contributed by atoms with E-state index in [1.165, 1.54) is 23.2 Å². The Labute approximate surface area is 121 Å². The van der Waals surface area contributed by atoms with E-state index in [0.717, 1.165) is 32.6 Å². The third-order valence-electron chi connectivity index (χ3n) is 4.57. The molecule has 3 nitrogen and oxygen atoms in total. The number of carbonyl (C=O) groups is 1. The highest BCUT2D eigenvalue weighted by Gasteiger charge is 2.32. The van der Waals surface area contributed by atoms with E-state index in [1.807, 2.05) is 0 Å². The number of nitrogens with zero attached hydrogens (tertiary/aromatic N) is 2. The van der Waals surface area contributed by atoms with Crippen molar-refractivity contribution in [1.29, 1.82) is 0 Å². The van der Waals surface area contributed by atoms with Crippen LogP contribution in [0.5, 0.6) is 0 Å². The Morgan fingerprint density at radius 2 is 2.20 bits per heavy atom. The lowest BCUT2D eigenvalue weighted by Crippen LogP contribution is -2.39. The summed E-state index contributed by atoms with van der Waals surface area (Å²) in [4.78, 5) is 16.2. The second-order valence-corrected chi connectivity index (χ2v) is 6.29. The zero-order valence-corrected chi connectivity index (χ0v) is 12.6. The summed E-state index contributed by atoms with van der Waals surface area (Å²) in [7, 11) is 0. The van der Waals surface area contributed by atoms with E-state index in [4.69, 9.17) is 0 Å². The van der Waals surface area contributed by atoms with Gasteiger partial charge in [-0.3, -0.25) is 4.79 Å². The number of benzene rings is 1. The Hall–Kier alpha value is -1.35. The summed E-state index contributed by atoms with van der Waals surface area (Å²) in [5.41, 5.74) is 4.29. The molecule has 1 aromatic carbocycles. The van der Waals surface area contributed by atoms with Gasteiger partial charge in [-0.1, -0.05) is 12.1 Å². The molecule has 1 saturated heterocycles. The van der Waals surface area contributed by atoms with Crippen molar-refractivity contribution in [2.75, 3.05) is 31.1 Å². The average molecular weight is 272 g/mol. The highest BCUT2D eigenvalue weighted by Crippen LogP contribution is 2.34. The molecule has 3 rings (SSSR count). The number of hydrogen-bond donors (Lipinski definition) is 0. The lowest BCUT2D eigenvalue weighted by atomic mass is 10.1. The van der Waals surface area contributed by atoms with Crippen molar-refractivity contribution in [3.8, 4) is 0 Å². The zero-order valence-electron chi connectivity index (χ0n) is 12.6. The largest absolute Gasteiger partial charge is 0.367 e. The molecule has 0 spiro atoms. The van der Waals surface area contributed by atoms with Crippen LogP contribution in [0.3, 0.4) is 0 Å². The van der Waals surface area contributed by atoms with Crippen LogP contribution < -0.4 is 4.90 Å². The number of fused-ring (bicyclic) bond motifs is 3. The van der Waals surface area contributed by atoms with Crippen molar-refractivity contribution in [2.24, 2.45) is 0 Å². The monoisotopic (exact) mass is 272 g/mol. The maximum Gasteiger partial charge on any atom is 0.131 e. The summed E-state index contributed by atoms with van der Waals surface area (Å²) in [6.45, 7) is 8.16. The van der Waals surface area contributed by atoms with Gasteiger partial charge in [0.05, 0.1) is 0 Å². The van der Waals surface area contributed by atoms with Gasteiger partial charge in [0.15, 0.2) is 0 Å². The van der Waals surface area contributed by atoms with Gasteiger partial charge in [-0.15, -0.1) is 0 Å². The van der Waals surface area contributed by atoms with Crippen molar-refractivity contribution in [3.05, 3.63) is 29.3 Å². The molecular weight excluding hydrogens is 248 g/mol. The number of rotatable bonds is 3. The number of hydrogen-bond acceptors (Lipinski definition) is 3. The van der Waals surface area contributed by atoms with Gasteiger partial charge < -0.3 is 9.80 Å². The van der Waals surface area contributed by atoms with E-state index in [0.29, 0.717) is 18.2 Å². The van der Waals surface area contributed by atoms with Crippen molar-refractivity contribution >= 4 is 11.5 Å². The van der Waals surface area contributed by atoms with Gasteiger partial charge in [0.1, 0.15) is 5.78 Å². The SMILES string of the molecule is CC(=O)CCN1CCCN2c3cc(C)ccc3CC2C1. The summed E-state index contributed by atoms with van der Waals surface area (Å²) in [5, 5.41) is 0. The first-order valence-electron chi connectivity index (χ1n) is 7.71. The topological polar surface area (TPSA) is 23.6 Å². The van der Waals surface area contributed by atoms with E-state index in [2.05, 4.69) is 34.9 Å². The number of carbonyl (C=O) groups excluding carboxylic acids is 1. The fourth-order valence-corrected chi connectivity index (χ4v) is 3.51. The quantitative estimate of drug-likeness (QED) is 0.844. The van der Waals surface area contributed by atoms with Crippen LogP contribution in [-0.2, 0) is 11.2 Å². The summed E-state index contributed by atoms with van der Waals surface area (Å²) in [6.07, 6.45) is 3.05. The highest BCUT2D eigenvalue weighted by atomic mass is 16.1. The van der Waals surface area contributed by atoms with Gasteiger partial charge in [0.25, 0.3) is 0 Å². The van der Waals surface area contributed by atoms with Crippen LogP contribution in [0, 0.1) is 6.92 Å². The van der Waals surface area contributed by atoms with E-state index in [-0.39, 0.29) is 0 Å². The average Bonchev–Trinajstić information content (AvgIpc) is 2.61. The molecule has 0 radical (unpaired) electrons. The Bertz CT molecular complexity index is 512. The number of ketones is 1. The normalized spacial score (nSPS) is 22.3. The molecule has 108 valence electrons. The van der Waals surface area contributed by atoms with Gasteiger partial charge in [-0.2, -0.15) is 0 Å². The van der Waals surface area contributed by atoms with Crippen LogP contribution in [0.25, 0.3) is 0 Å². The Balaban J connectivity index is 1.72. The molecule has 20 heavy (non-hydrogen) atoms. The van der Waals surface area contributed by atoms with E-state index >= 15 is 0 Å². The van der Waals surface area contributed by atoms with Gasteiger partial charge in [-0.05, 0) is 50.4 Å². The summed E-state index contributed by atoms with van der Waals surface area (Å²) in [6, 6.07) is 7.44. The minimum Gasteiger partial charge on any atom is -0.367 e. The molecule has 1 atom stereocenters. The smallest absolute Gasteiger partial charge is 0.131 e. The van der Waals surface area contributed by atoms with E-state index in [9.17, 15) is 4.79 Å². The first-order valence-corrected chi connectivity index (χ1v) is 7.71. The molecule has 0 N–H and O–H groups in total. The molecule has 0 bridgehead atoms. The first-order chi connectivity index (χ1) is 9.63. The third-order valence-corrected chi connectivity index (χ3v) is 4.57. The lowest BCUT2D eigenvalue weighted by Gasteiger charge is -2.27. The summed E-state index contributed by atoms with van der Waals surface area (Å²) >= 11 is 0. The van der Waals surface area contributed by atoms with Gasteiger partial charge in [0, 0.05) is 37.8 Å². The van der Waals surface area contributed by atoms with Gasteiger partial charge in [0.2, 0.25) is 0 Å². The highest BCUT2D eigenvalue weighted by molar-refractivity contribution is 5.75. The fraction of sp³-hybridized carbons (Fsp3) is 0.588. The van der Waals surface area contributed by atoms with Crippen molar-refractivity contribution in [1.82, 2.24) is 4.90 Å². The molecule has 1 unspecified atom stereocenters. The predicted octanol–water partition coefficient (Wildman–Crippen LogP) is 2.41.